The Morgan fingerprint density at radius 1 is 1.20 bits per heavy atom. The first kappa shape index (κ1) is 10.1. The van der Waals surface area contributed by atoms with Gasteiger partial charge in [-0.25, -0.2) is 0 Å². The van der Waals surface area contributed by atoms with Crippen LogP contribution in [0.15, 0.2) is 0 Å². The van der Waals surface area contributed by atoms with Crippen LogP contribution in [0.2, 0.25) is 12.1 Å². The molecule has 0 aliphatic rings. The predicted molar refractivity (Wildman–Crippen MR) is 42.6 cm³/mol. The van der Waals surface area contributed by atoms with Crippen molar-refractivity contribution >= 4 is 9.04 Å². The van der Waals surface area contributed by atoms with Crippen molar-refractivity contribution < 1.29 is 14.6 Å². The van der Waals surface area contributed by atoms with Crippen LogP contribution in [0, 0.1) is 0 Å². The Morgan fingerprint density at radius 3 is 2.00 bits per heavy atom. The van der Waals surface area contributed by atoms with Crippen molar-refractivity contribution in [1.29, 1.82) is 0 Å². The smallest absolute Gasteiger partial charge is 0.181 e. The van der Waals surface area contributed by atoms with Gasteiger partial charge in [0.1, 0.15) is 0 Å². The maximum absolute atomic E-state index is 8.56. The normalized spacial score (nSPS) is 10.8. The van der Waals surface area contributed by atoms with Crippen LogP contribution >= 0.6 is 0 Å². The van der Waals surface area contributed by atoms with E-state index in [2.05, 4.69) is 0 Å². The summed E-state index contributed by atoms with van der Waals surface area (Å²) in [5.74, 6) is 0. The molecule has 0 amide bonds. The molecular formula is C6H16O3Si. The molecule has 4 heteroatoms. The zero-order valence-electron chi connectivity index (χ0n) is 6.42. The highest BCUT2D eigenvalue weighted by atomic mass is 28.3. The maximum Gasteiger partial charge on any atom is 0.181 e. The van der Waals surface area contributed by atoms with E-state index in [1.807, 2.05) is 6.92 Å². The molecule has 0 heterocycles. The standard InChI is InChI=1S/C6H16O3Si/c1-2-9-10(5-3-7)6-4-8/h7-8,10H,2-6H2,1H3. The van der Waals surface area contributed by atoms with E-state index < -0.39 is 9.04 Å². The third-order valence-corrected chi connectivity index (χ3v) is 3.91. The fourth-order valence-corrected chi connectivity index (χ4v) is 2.50. The Hall–Kier alpha value is 0.0969. The van der Waals surface area contributed by atoms with Crippen LogP contribution in [0.4, 0.5) is 0 Å². The van der Waals surface area contributed by atoms with Crippen molar-refractivity contribution in [3.63, 3.8) is 0 Å². The number of aliphatic hydroxyl groups excluding tert-OH is 2. The first-order valence-electron chi connectivity index (χ1n) is 3.68. The molecule has 0 unspecified atom stereocenters. The molecule has 0 bridgehead atoms. The lowest BCUT2D eigenvalue weighted by molar-refractivity contribution is 0.278. The van der Waals surface area contributed by atoms with Gasteiger partial charge < -0.3 is 14.6 Å². The van der Waals surface area contributed by atoms with Crippen molar-refractivity contribution in [1.82, 2.24) is 0 Å². The Labute approximate surface area is 63.4 Å². The van der Waals surface area contributed by atoms with Gasteiger partial charge in [-0.3, -0.25) is 0 Å². The quantitative estimate of drug-likeness (QED) is 0.531. The van der Waals surface area contributed by atoms with E-state index in [4.69, 9.17) is 14.6 Å². The van der Waals surface area contributed by atoms with E-state index in [9.17, 15) is 0 Å². The highest BCUT2D eigenvalue weighted by Crippen LogP contribution is 1.99. The van der Waals surface area contributed by atoms with Gasteiger partial charge in [-0.2, -0.15) is 0 Å². The van der Waals surface area contributed by atoms with Crippen LogP contribution in [0.1, 0.15) is 6.92 Å². The number of aliphatic hydroxyl groups is 2. The minimum absolute atomic E-state index is 0.191. The molecule has 3 nitrogen and oxygen atoms in total. The van der Waals surface area contributed by atoms with E-state index in [-0.39, 0.29) is 13.2 Å². The Morgan fingerprint density at radius 2 is 1.70 bits per heavy atom. The number of hydrogen-bond acceptors (Lipinski definition) is 3. The molecule has 0 fully saturated rings. The van der Waals surface area contributed by atoms with E-state index >= 15 is 0 Å². The van der Waals surface area contributed by atoms with E-state index in [1.54, 1.807) is 0 Å². The van der Waals surface area contributed by atoms with E-state index in [0.29, 0.717) is 6.61 Å². The molecule has 0 saturated carbocycles. The van der Waals surface area contributed by atoms with E-state index in [0.717, 1.165) is 12.1 Å². The third-order valence-electron chi connectivity index (χ3n) is 1.30. The van der Waals surface area contributed by atoms with Gasteiger partial charge in [0.05, 0.1) is 0 Å². The van der Waals surface area contributed by atoms with Crippen molar-refractivity contribution in [2.75, 3.05) is 19.8 Å². The molecule has 0 spiro atoms. The van der Waals surface area contributed by atoms with Crippen molar-refractivity contribution in [2.24, 2.45) is 0 Å². The summed E-state index contributed by atoms with van der Waals surface area (Å²) in [5.41, 5.74) is 0. The average molecular weight is 164 g/mol. The van der Waals surface area contributed by atoms with Crippen molar-refractivity contribution in [3.05, 3.63) is 0 Å². The number of rotatable bonds is 6. The van der Waals surface area contributed by atoms with Crippen LogP contribution in [0.3, 0.4) is 0 Å². The average Bonchev–Trinajstić information content (AvgIpc) is 1.90. The van der Waals surface area contributed by atoms with Gasteiger partial charge in [0, 0.05) is 19.8 Å². The van der Waals surface area contributed by atoms with Crippen LogP contribution in [-0.4, -0.2) is 39.1 Å². The summed E-state index contributed by atoms with van der Waals surface area (Å²) in [6.07, 6.45) is 0. The molecule has 0 saturated heterocycles. The van der Waals surface area contributed by atoms with Gasteiger partial charge in [-0.15, -0.1) is 0 Å². The molecule has 2 N–H and O–H groups in total. The lowest BCUT2D eigenvalue weighted by Crippen LogP contribution is -2.20. The maximum atomic E-state index is 8.56. The summed E-state index contributed by atoms with van der Waals surface area (Å²) in [7, 11) is -1.23. The second-order valence-corrected chi connectivity index (χ2v) is 4.83. The lowest BCUT2D eigenvalue weighted by Gasteiger charge is -2.11. The summed E-state index contributed by atoms with van der Waals surface area (Å²) >= 11 is 0. The zero-order chi connectivity index (χ0) is 7.82. The molecule has 0 atom stereocenters. The monoisotopic (exact) mass is 164 g/mol. The fourth-order valence-electron chi connectivity index (χ4n) is 0.835. The van der Waals surface area contributed by atoms with Gasteiger partial charge in [0.2, 0.25) is 0 Å². The van der Waals surface area contributed by atoms with Crippen LogP contribution in [-0.2, 0) is 4.43 Å². The van der Waals surface area contributed by atoms with E-state index in [1.165, 1.54) is 0 Å². The molecule has 0 aliphatic carbocycles. The minimum atomic E-state index is -1.23. The summed E-state index contributed by atoms with van der Waals surface area (Å²) in [4.78, 5) is 0. The molecule has 0 aromatic carbocycles. The van der Waals surface area contributed by atoms with Crippen LogP contribution < -0.4 is 0 Å². The second kappa shape index (κ2) is 7.21. The molecule has 0 aromatic heterocycles. The molecular weight excluding hydrogens is 148 g/mol. The highest BCUT2D eigenvalue weighted by Gasteiger charge is 2.08. The summed E-state index contributed by atoms with van der Waals surface area (Å²) in [6, 6.07) is 1.52. The SMILES string of the molecule is CCO[SiH](CCO)CCO. The second-order valence-electron chi connectivity index (χ2n) is 2.10. The summed E-state index contributed by atoms with van der Waals surface area (Å²) in [6.45, 7) is 3.03. The molecule has 0 aliphatic heterocycles. The minimum Gasteiger partial charge on any atom is -0.420 e. The van der Waals surface area contributed by atoms with Gasteiger partial charge in [-0.05, 0) is 19.0 Å². The first-order valence-corrected chi connectivity index (χ1v) is 5.78. The predicted octanol–water partition coefficient (Wildman–Crippen LogP) is -0.269. The summed E-state index contributed by atoms with van der Waals surface area (Å²) in [5, 5.41) is 17.1. The molecule has 10 heavy (non-hydrogen) atoms. The largest absolute Gasteiger partial charge is 0.420 e. The fraction of sp³-hybridized carbons (Fsp3) is 1.00. The van der Waals surface area contributed by atoms with Gasteiger partial charge in [-0.1, -0.05) is 0 Å². The topological polar surface area (TPSA) is 49.7 Å². The van der Waals surface area contributed by atoms with Gasteiger partial charge >= 0.3 is 0 Å². The van der Waals surface area contributed by atoms with Gasteiger partial charge in [0.15, 0.2) is 9.04 Å². The first-order chi connectivity index (χ1) is 4.85. The number of hydrogen-bond donors (Lipinski definition) is 2. The Bertz CT molecular complexity index is 55.7. The van der Waals surface area contributed by atoms with Crippen molar-refractivity contribution in [2.45, 2.75) is 19.0 Å². The zero-order valence-corrected chi connectivity index (χ0v) is 7.57. The molecule has 0 radical (unpaired) electrons. The molecule has 0 rings (SSSR count). The van der Waals surface area contributed by atoms with Gasteiger partial charge in [0.25, 0.3) is 0 Å². The molecule has 62 valence electrons. The lowest BCUT2D eigenvalue weighted by atomic mass is 10.9. The van der Waals surface area contributed by atoms with Crippen molar-refractivity contribution in [3.8, 4) is 0 Å². The Balaban J connectivity index is 3.30. The van der Waals surface area contributed by atoms with Crippen LogP contribution in [0.5, 0.6) is 0 Å². The molecule has 0 aromatic rings. The Kier molecular flexibility index (Phi) is 7.28. The third kappa shape index (κ3) is 4.93. The summed E-state index contributed by atoms with van der Waals surface area (Å²) < 4.78 is 5.34. The van der Waals surface area contributed by atoms with Crippen LogP contribution in [0.25, 0.3) is 0 Å². The highest BCUT2D eigenvalue weighted by molar-refractivity contribution is 6.51.